The lowest BCUT2D eigenvalue weighted by molar-refractivity contribution is -0.869. The van der Waals surface area contributed by atoms with Gasteiger partial charge in [0.25, 0.3) is 0 Å². The van der Waals surface area contributed by atoms with Gasteiger partial charge in [0.05, 0.1) is 34.2 Å². The van der Waals surface area contributed by atoms with Crippen LogP contribution in [0.5, 0.6) is 0 Å². The molecule has 0 bridgehead atoms. The van der Waals surface area contributed by atoms with Gasteiger partial charge >= 0.3 is 0 Å². The quantitative estimate of drug-likeness (QED) is 0.375. The summed E-state index contributed by atoms with van der Waals surface area (Å²) in [6.45, 7) is 3.90. The van der Waals surface area contributed by atoms with Crippen molar-refractivity contribution in [3.05, 3.63) is 12.2 Å². The highest BCUT2D eigenvalue weighted by Crippen LogP contribution is 2.02. The van der Waals surface area contributed by atoms with Crippen molar-refractivity contribution < 1.29 is 9.28 Å². The van der Waals surface area contributed by atoms with Crippen molar-refractivity contribution in [1.82, 2.24) is 5.32 Å². The summed E-state index contributed by atoms with van der Waals surface area (Å²) in [5.74, 6) is 0.0361. The predicted octanol–water partition coefficient (Wildman–Crippen LogP) is 2.34. The number of carbonyl (C=O) groups is 1. The third-order valence-electron chi connectivity index (χ3n) is 2.58. The molecule has 0 aromatic rings. The number of carbonyl (C=O) groups excluding carboxylic acids is 1. The van der Waals surface area contributed by atoms with Crippen molar-refractivity contribution in [3.63, 3.8) is 0 Å². The Morgan fingerprint density at radius 1 is 1.18 bits per heavy atom. The summed E-state index contributed by atoms with van der Waals surface area (Å²) in [7, 11) is 6.36. The maximum atomic E-state index is 11.4. The van der Waals surface area contributed by atoms with Crippen LogP contribution < -0.4 is 5.32 Å². The highest BCUT2D eigenvalue weighted by Gasteiger charge is 2.05. The zero-order valence-corrected chi connectivity index (χ0v) is 12.0. The maximum absolute atomic E-state index is 11.4. The van der Waals surface area contributed by atoms with Crippen LogP contribution in [0.2, 0.25) is 0 Å². The molecule has 3 heteroatoms. The van der Waals surface area contributed by atoms with Gasteiger partial charge in [0, 0.05) is 0 Å². The van der Waals surface area contributed by atoms with Crippen molar-refractivity contribution in [2.45, 2.75) is 39.0 Å². The van der Waals surface area contributed by atoms with Crippen LogP contribution >= 0.6 is 0 Å². The molecule has 0 fully saturated rings. The molecule has 0 unspecified atom stereocenters. The summed E-state index contributed by atoms with van der Waals surface area (Å²) in [4.78, 5) is 11.4. The first-order valence-corrected chi connectivity index (χ1v) is 6.70. The number of nitrogens with zero attached hydrogens (tertiary/aromatic N) is 1. The molecule has 0 aliphatic carbocycles. The zero-order chi connectivity index (χ0) is 13.1. The van der Waals surface area contributed by atoms with E-state index in [-0.39, 0.29) is 5.91 Å². The number of amides is 1. The van der Waals surface area contributed by atoms with E-state index < -0.39 is 0 Å². The summed E-state index contributed by atoms with van der Waals surface area (Å²) >= 11 is 0. The molecule has 0 saturated heterocycles. The topological polar surface area (TPSA) is 29.1 Å². The smallest absolute Gasteiger partial charge is 0.243 e. The minimum atomic E-state index is 0.0361. The van der Waals surface area contributed by atoms with Gasteiger partial charge < -0.3 is 9.80 Å². The van der Waals surface area contributed by atoms with Crippen LogP contribution in [0.3, 0.4) is 0 Å². The number of quaternary nitrogens is 1. The Morgan fingerprint density at radius 2 is 1.88 bits per heavy atom. The third kappa shape index (κ3) is 13.1. The fourth-order valence-electron chi connectivity index (χ4n) is 1.45. The molecule has 0 heterocycles. The fraction of sp³-hybridized carbons (Fsp3) is 0.786. The van der Waals surface area contributed by atoms with Crippen LogP contribution in [0.15, 0.2) is 12.2 Å². The SMILES string of the molecule is CCCCCC/C=C/C(=O)NCC[N+](C)(C)C. The fourth-order valence-corrected chi connectivity index (χ4v) is 1.45. The average Bonchev–Trinajstić information content (AvgIpc) is 2.21. The summed E-state index contributed by atoms with van der Waals surface area (Å²) in [5, 5.41) is 2.90. The van der Waals surface area contributed by atoms with Gasteiger partial charge in [0.15, 0.2) is 0 Å². The molecular weight excluding hydrogens is 212 g/mol. The van der Waals surface area contributed by atoms with Crippen LogP contribution in [0.4, 0.5) is 0 Å². The minimum Gasteiger partial charge on any atom is -0.347 e. The molecule has 1 N–H and O–H groups in total. The van der Waals surface area contributed by atoms with Gasteiger partial charge in [-0.2, -0.15) is 0 Å². The van der Waals surface area contributed by atoms with Gasteiger partial charge in [0.2, 0.25) is 5.91 Å². The van der Waals surface area contributed by atoms with E-state index in [1.54, 1.807) is 6.08 Å². The number of hydrogen-bond donors (Lipinski definition) is 1. The van der Waals surface area contributed by atoms with Gasteiger partial charge in [-0.3, -0.25) is 4.79 Å². The number of hydrogen-bond acceptors (Lipinski definition) is 1. The van der Waals surface area contributed by atoms with E-state index in [9.17, 15) is 4.79 Å². The van der Waals surface area contributed by atoms with Crippen molar-refractivity contribution in [3.8, 4) is 0 Å². The molecule has 0 aromatic heterocycles. The van der Waals surface area contributed by atoms with E-state index >= 15 is 0 Å². The lowest BCUT2D eigenvalue weighted by Crippen LogP contribution is -2.41. The molecule has 17 heavy (non-hydrogen) atoms. The first-order valence-electron chi connectivity index (χ1n) is 6.70. The van der Waals surface area contributed by atoms with E-state index in [0.717, 1.165) is 24.0 Å². The normalized spacial score (nSPS) is 12.0. The second-order valence-corrected chi connectivity index (χ2v) is 5.56. The molecule has 0 atom stereocenters. The molecule has 1 amide bonds. The van der Waals surface area contributed by atoms with E-state index in [0.29, 0.717) is 0 Å². The number of unbranched alkanes of at least 4 members (excludes halogenated alkanes) is 4. The molecule has 3 nitrogen and oxygen atoms in total. The zero-order valence-electron chi connectivity index (χ0n) is 12.0. The maximum Gasteiger partial charge on any atom is 0.243 e. The molecule has 0 rings (SSSR count). The first-order chi connectivity index (χ1) is 7.95. The van der Waals surface area contributed by atoms with Gasteiger partial charge in [-0.25, -0.2) is 0 Å². The summed E-state index contributed by atoms with van der Waals surface area (Å²) in [6.07, 6.45) is 9.68. The molecule has 0 saturated carbocycles. The molecule has 0 aliphatic heterocycles. The Kier molecular flexibility index (Phi) is 8.78. The molecular formula is C14H29N2O+. The second kappa shape index (κ2) is 9.23. The highest BCUT2D eigenvalue weighted by molar-refractivity contribution is 5.87. The van der Waals surface area contributed by atoms with E-state index in [4.69, 9.17) is 0 Å². The largest absolute Gasteiger partial charge is 0.347 e. The molecule has 0 radical (unpaired) electrons. The van der Waals surface area contributed by atoms with Crippen molar-refractivity contribution in [1.29, 1.82) is 0 Å². The van der Waals surface area contributed by atoms with Crippen molar-refractivity contribution in [2.75, 3.05) is 34.2 Å². The van der Waals surface area contributed by atoms with E-state index in [1.165, 1.54) is 25.7 Å². The lowest BCUT2D eigenvalue weighted by Gasteiger charge is -2.23. The Bertz CT molecular complexity index is 229. The lowest BCUT2D eigenvalue weighted by atomic mass is 10.1. The van der Waals surface area contributed by atoms with Gasteiger partial charge in [-0.1, -0.05) is 32.3 Å². The Morgan fingerprint density at radius 3 is 2.47 bits per heavy atom. The van der Waals surface area contributed by atoms with Crippen LogP contribution in [0.1, 0.15) is 39.0 Å². The van der Waals surface area contributed by atoms with Crippen LogP contribution in [-0.4, -0.2) is 44.6 Å². The van der Waals surface area contributed by atoms with Gasteiger partial charge in [0.1, 0.15) is 0 Å². The number of nitrogens with one attached hydrogen (secondary N) is 1. The van der Waals surface area contributed by atoms with Gasteiger partial charge in [-0.15, -0.1) is 0 Å². The molecule has 100 valence electrons. The second-order valence-electron chi connectivity index (χ2n) is 5.56. The molecule has 0 aromatic carbocycles. The van der Waals surface area contributed by atoms with Crippen LogP contribution in [-0.2, 0) is 4.79 Å². The third-order valence-corrected chi connectivity index (χ3v) is 2.58. The number of likely N-dealkylation sites (N-methyl/N-ethyl adjacent to an activating group) is 1. The van der Waals surface area contributed by atoms with E-state index in [2.05, 4.69) is 33.4 Å². The summed E-state index contributed by atoms with van der Waals surface area (Å²) in [5.41, 5.74) is 0. The standard InChI is InChI=1S/C14H28N2O/c1-5-6-7-8-9-10-11-14(17)15-12-13-16(2,3)4/h10-11H,5-9,12-13H2,1-4H3/p+1/b11-10+. The number of allylic oxidation sites excluding steroid dienone is 1. The van der Waals surface area contributed by atoms with E-state index in [1.807, 2.05) is 6.08 Å². The van der Waals surface area contributed by atoms with Crippen LogP contribution in [0.25, 0.3) is 0 Å². The summed E-state index contributed by atoms with van der Waals surface area (Å²) in [6, 6.07) is 0. The minimum absolute atomic E-state index is 0.0361. The predicted molar refractivity (Wildman–Crippen MR) is 73.8 cm³/mol. The monoisotopic (exact) mass is 241 g/mol. The van der Waals surface area contributed by atoms with Gasteiger partial charge in [-0.05, 0) is 18.9 Å². The molecule has 0 spiro atoms. The Hall–Kier alpha value is -0.830. The molecule has 0 aliphatic rings. The average molecular weight is 241 g/mol. The van der Waals surface area contributed by atoms with Crippen molar-refractivity contribution in [2.24, 2.45) is 0 Å². The Labute approximate surface area is 106 Å². The highest BCUT2D eigenvalue weighted by atomic mass is 16.1. The van der Waals surface area contributed by atoms with Crippen LogP contribution in [0, 0.1) is 0 Å². The Balaban J connectivity index is 3.48. The first kappa shape index (κ1) is 16.2. The number of rotatable bonds is 9. The van der Waals surface area contributed by atoms with Crippen molar-refractivity contribution >= 4 is 5.91 Å². The summed E-state index contributed by atoms with van der Waals surface area (Å²) < 4.78 is 0.876.